The molecule has 6 heteroatoms. The summed E-state index contributed by atoms with van der Waals surface area (Å²) in [5.41, 5.74) is 2.74. The van der Waals surface area contributed by atoms with E-state index in [4.69, 9.17) is 20.4 Å². The lowest BCUT2D eigenvalue weighted by Gasteiger charge is -2.04. The third kappa shape index (κ3) is 2.82. The van der Waals surface area contributed by atoms with Crippen LogP contribution >= 0.6 is 11.6 Å². The van der Waals surface area contributed by atoms with Gasteiger partial charge in [0.25, 0.3) is 5.91 Å². The highest BCUT2D eigenvalue weighted by atomic mass is 35.5. The number of oxazole rings is 1. The van der Waals surface area contributed by atoms with Crippen molar-refractivity contribution >= 4 is 45.1 Å². The van der Waals surface area contributed by atoms with Gasteiger partial charge in [0.1, 0.15) is 5.52 Å². The molecule has 136 valence electrons. The van der Waals surface area contributed by atoms with E-state index in [9.17, 15) is 4.79 Å². The maximum Gasteiger partial charge on any atom is 0.291 e. The van der Waals surface area contributed by atoms with E-state index in [2.05, 4.69) is 10.3 Å². The fourth-order valence-electron chi connectivity index (χ4n) is 3.18. The van der Waals surface area contributed by atoms with Crippen LogP contribution in [0.5, 0.6) is 0 Å². The summed E-state index contributed by atoms with van der Waals surface area (Å²) < 4.78 is 11.1. The number of benzene rings is 3. The van der Waals surface area contributed by atoms with Crippen molar-refractivity contribution in [1.29, 1.82) is 0 Å². The van der Waals surface area contributed by atoms with Crippen LogP contribution in [0.1, 0.15) is 10.6 Å². The summed E-state index contributed by atoms with van der Waals surface area (Å²) in [4.78, 5) is 16.8. The number of rotatable bonds is 3. The van der Waals surface area contributed by atoms with E-state index in [1.54, 1.807) is 30.3 Å². The molecule has 0 aliphatic carbocycles. The molecule has 5 rings (SSSR count). The van der Waals surface area contributed by atoms with Crippen molar-refractivity contribution in [2.45, 2.75) is 0 Å². The van der Waals surface area contributed by atoms with Crippen molar-refractivity contribution in [3.8, 4) is 11.5 Å². The summed E-state index contributed by atoms with van der Waals surface area (Å²) in [6.45, 7) is 0. The molecule has 2 heterocycles. The van der Waals surface area contributed by atoms with E-state index in [0.29, 0.717) is 27.7 Å². The molecule has 0 spiro atoms. The Morgan fingerprint density at radius 3 is 2.68 bits per heavy atom. The average molecular weight is 389 g/mol. The fraction of sp³-hybridized carbons (Fsp3) is 0. The van der Waals surface area contributed by atoms with E-state index in [-0.39, 0.29) is 11.7 Å². The van der Waals surface area contributed by atoms with Crippen molar-refractivity contribution in [3.63, 3.8) is 0 Å². The molecule has 0 aliphatic rings. The fourth-order valence-corrected chi connectivity index (χ4v) is 3.42. The largest absolute Gasteiger partial charge is 0.459 e. The van der Waals surface area contributed by atoms with Gasteiger partial charge < -0.3 is 14.2 Å². The Kier molecular flexibility index (Phi) is 3.88. The van der Waals surface area contributed by atoms with Crippen molar-refractivity contribution < 1.29 is 13.6 Å². The van der Waals surface area contributed by atoms with Crippen molar-refractivity contribution in [2.75, 3.05) is 5.32 Å². The number of carbonyl (C=O) groups excluding carboxylic acids is 1. The second-order valence-corrected chi connectivity index (χ2v) is 6.68. The van der Waals surface area contributed by atoms with Gasteiger partial charge >= 0.3 is 0 Å². The molecule has 1 amide bonds. The molecule has 2 aromatic heterocycles. The molecular weight excluding hydrogens is 376 g/mol. The van der Waals surface area contributed by atoms with E-state index in [0.717, 1.165) is 16.3 Å². The van der Waals surface area contributed by atoms with Crippen LogP contribution in [0.3, 0.4) is 0 Å². The standard InChI is InChI=1S/C22H13ClN2O3/c23-17-7-2-4-14-15(17)5-1-6-16(14)22-25-18-12-13(9-10-19(18)28-22)24-21(26)20-8-3-11-27-20/h1-12H,(H,24,26). The molecule has 5 nitrogen and oxygen atoms in total. The van der Waals surface area contributed by atoms with Crippen LogP contribution in [0.15, 0.2) is 81.8 Å². The van der Waals surface area contributed by atoms with Crippen molar-refractivity contribution in [2.24, 2.45) is 0 Å². The van der Waals surface area contributed by atoms with E-state index in [1.807, 2.05) is 36.4 Å². The highest BCUT2D eigenvalue weighted by molar-refractivity contribution is 6.35. The first-order valence-corrected chi connectivity index (χ1v) is 9.00. The van der Waals surface area contributed by atoms with E-state index >= 15 is 0 Å². The number of hydrogen-bond acceptors (Lipinski definition) is 4. The molecule has 0 atom stereocenters. The minimum absolute atomic E-state index is 0.244. The molecule has 3 aromatic carbocycles. The monoisotopic (exact) mass is 388 g/mol. The van der Waals surface area contributed by atoms with Gasteiger partial charge in [0.15, 0.2) is 11.3 Å². The third-order valence-electron chi connectivity index (χ3n) is 4.49. The van der Waals surface area contributed by atoms with Crippen LogP contribution in [-0.2, 0) is 0 Å². The molecule has 0 aliphatic heterocycles. The molecule has 0 saturated heterocycles. The Hall–Kier alpha value is -3.57. The van der Waals surface area contributed by atoms with Crippen molar-refractivity contribution in [3.05, 3.63) is 83.8 Å². The van der Waals surface area contributed by atoms with Crippen LogP contribution in [-0.4, -0.2) is 10.9 Å². The number of carbonyl (C=O) groups is 1. The summed E-state index contributed by atoms with van der Waals surface area (Å²) in [7, 11) is 0. The van der Waals surface area contributed by atoms with Crippen LogP contribution < -0.4 is 5.32 Å². The lowest BCUT2D eigenvalue weighted by Crippen LogP contribution is -2.10. The van der Waals surface area contributed by atoms with E-state index in [1.165, 1.54) is 6.26 Å². The number of halogens is 1. The van der Waals surface area contributed by atoms with Gasteiger partial charge in [-0.3, -0.25) is 4.79 Å². The predicted molar refractivity (Wildman–Crippen MR) is 109 cm³/mol. The number of nitrogens with zero attached hydrogens (tertiary/aromatic N) is 1. The van der Waals surface area contributed by atoms with Gasteiger partial charge in [0.05, 0.1) is 6.26 Å². The lowest BCUT2D eigenvalue weighted by atomic mass is 10.0. The summed E-state index contributed by atoms with van der Waals surface area (Å²) in [5.74, 6) is 0.419. The first-order valence-electron chi connectivity index (χ1n) is 8.62. The van der Waals surface area contributed by atoms with Crippen LogP contribution in [0, 0.1) is 0 Å². The van der Waals surface area contributed by atoms with Gasteiger partial charge in [-0.1, -0.05) is 35.9 Å². The van der Waals surface area contributed by atoms with Gasteiger partial charge in [-0.15, -0.1) is 0 Å². The summed E-state index contributed by atoms with van der Waals surface area (Å²) in [6.07, 6.45) is 1.46. The maximum absolute atomic E-state index is 12.2. The Morgan fingerprint density at radius 1 is 0.964 bits per heavy atom. The van der Waals surface area contributed by atoms with Crippen molar-refractivity contribution in [1.82, 2.24) is 4.98 Å². The minimum atomic E-state index is -0.322. The van der Waals surface area contributed by atoms with Crippen LogP contribution in [0.25, 0.3) is 33.3 Å². The second-order valence-electron chi connectivity index (χ2n) is 6.27. The molecule has 28 heavy (non-hydrogen) atoms. The molecule has 0 radical (unpaired) electrons. The van der Waals surface area contributed by atoms with Crippen LogP contribution in [0.4, 0.5) is 5.69 Å². The molecule has 1 N–H and O–H groups in total. The second kappa shape index (κ2) is 6.55. The molecule has 5 aromatic rings. The summed E-state index contributed by atoms with van der Waals surface area (Å²) in [6, 6.07) is 20.2. The molecule has 0 unspecified atom stereocenters. The van der Waals surface area contributed by atoms with Crippen LogP contribution in [0.2, 0.25) is 5.02 Å². The number of amides is 1. The number of hydrogen-bond donors (Lipinski definition) is 1. The summed E-state index contributed by atoms with van der Waals surface area (Å²) in [5, 5.41) is 5.38. The smallest absolute Gasteiger partial charge is 0.291 e. The molecular formula is C22H13ClN2O3. The summed E-state index contributed by atoms with van der Waals surface area (Å²) >= 11 is 6.31. The Labute approximate surface area is 164 Å². The first-order chi connectivity index (χ1) is 13.7. The SMILES string of the molecule is O=C(Nc1ccc2oc(-c3cccc4c(Cl)cccc34)nc2c1)c1ccco1. The molecule has 0 bridgehead atoms. The zero-order valence-corrected chi connectivity index (χ0v) is 15.2. The maximum atomic E-state index is 12.2. The third-order valence-corrected chi connectivity index (χ3v) is 4.82. The molecule has 0 saturated carbocycles. The number of nitrogens with one attached hydrogen (secondary N) is 1. The first kappa shape index (κ1) is 16.6. The van der Waals surface area contributed by atoms with Gasteiger partial charge in [0, 0.05) is 21.7 Å². The van der Waals surface area contributed by atoms with Gasteiger partial charge in [-0.05, 0) is 47.9 Å². The minimum Gasteiger partial charge on any atom is -0.459 e. The zero-order chi connectivity index (χ0) is 19.1. The normalized spacial score (nSPS) is 11.2. The topological polar surface area (TPSA) is 68.3 Å². The van der Waals surface area contributed by atoms with Gasteiger partial charge in [-0.25, -0.2) is 4.98 Å². The Morgan fingerprint density at radius 2 is 1.82 bits per heavy atom. The highest BCUT2D eigenvalue weighted by Gasteiger charge is 2.14. The quantitative estimate of drug-likeness (QED) is 0.402. The predicted octanol–water partition coefficient (Wildman–Crippen LogP) is 6.15. The van der Waals surface area contributed by atoms with Gasteiger partial charge in [0.2, 0.25) is 5.89 Å². The number of anilines is 1. The lowest BCUT2D eigenvalue weighted by molar-refractivity contribution is 0.0996. The zero-order valence-electron chi connectivity index (χ0n) is 14.5. The van der Waals surface area contributed by atoms with Gasteiger partial charge in [-0.2, -0.15) is 0 Å². The number of furan rings is 1. The molecule has 0 fully saturated rings. The average Bonchev–Trinajstić information content (AvgIpc) is 3.37. The van der Waals surface area contributed by atoms with E-state index < -0.39 is 0 Å². The highest BCUT2D eigenvalue weighted by Crippen LogP contribution is 2.33. The Balaban J connectivity index is 1.54. The Bertz CT molecular complexity index is 1320. The number of fused-ring (bicyclic) bond motifs is 2. The number of aromatic nitrogens is 1.